The van der Waals surface area contributed by atoms with Gasteiger partial charge in [-0.3, -0.25) is 0 Å². The van der Waals surface area contributed by atoms with Crippen molar-refractivity contribution in [3.63, 3.8) is 0 Å². The van der Waals surface area contributed by atoms with Crippen LogP contribution in [0, 0.1) is 6.92 Å². The maximum absolute atomic E-state index is 9.60. The molecule has 0 amide bonds. The Kier molecular flexibility index (Phi) is 3.14. The Morgan fingerprint density at radius 2 is 2.27 bits per heavy atom. The smallest absolute Gasteiger partial charge is 0.0996 e. The SMILES string of the molecule is Cc1cccc(Cl)c1NC1COCC1O. The van der Waals surface area contributed by atoms with Gasteiger partial charge in [0.1, 0.15) is 0 Å². The van der Waals surface area contributed by atoms with Gasteiger partial charge in [0.15, 0.2) is 0 Å². The first kappa shape index (κ1) is 10.7. The monoisotopic (exact) mass is 227 g/mol. The van der Waals surface area contributed by atoms with Crippen LogP contribution in [0.5, 0.6) is 0 Å². The second kappa shape index (κ2) is 4.39. The minimum atomic E-state index is -0.458. The van der Waals surface area contributed by atoms with Gasteiger partial charge in [-0.25, -0.2) is 0 Å². The van der Waals surface area contributed by atoms with Gasteiger partial charge in [0.2, 0.25) is 0 Å². The van der Waals surface area contributed by atoms with E-state index in [2.05, 4.69) is 5.32 Å². The molecule has 2 N–H and O–H groups in total. The van der Waals surface area contributed by atoms with Crippen molar-refractivity contribution in [2.24, 2.45) is 0 Å². The van der Waals surface area contributed by atoms with Crippen LogP contribution >= 0.6 is 11.6 Å². The number of anilines is 1. The van der Waals surface area contributed by atoms with Crippen molar-refractivity contribution in [2.45, 2.75) is 19.1 Å². The zero-order chi connectivity index (χ0) is 10.8. The highest BCUT2D eigenvalue weighted by Gasteiger charge is 2.26. The Hall–Kier alpha value is -0.770. The van der Waals surface area contributed by atoms with Crippen molar-refractivity contribution < 1.29 is 9.84 Å². The molecule has 0 saturated carbocycles. The largest absolute Gasteiger partial charge is 0.388 e. The molecule has 0 bridgehead atoms. The highest BCUT2D eigenvalue weighted by atomic mass is 35.5. The van der Waals surface area contributed by atoms with E-state index in [0.717, 1.165) is 11.3 Å². The maximum Gasteiger partial charge on any atom is 0.0996 e. The van der Waals surface area contributed by atoms with Gasteiger partial charge < -0.3 is 15.2 Å². The van der Waals surface area contributed by atoms with Crippen molar-refractivity contribution in [1.29, 1.82) is 0 Å². The van der Waals surface area contributed by atoms with Gasteiger partial charge in [0.25, 0.3) is 0 Å². The van der Waals surface area contributed by atoms with Crippen molar-refractivity contribution in [2.75, 3.05) is 18.5 Å². The molecule has 2 unspecified atom stereocenters. The second-order valence-electron chi connectivity index (χ2n) is 3.79. The number of nitrogens with one attached hydrogen (secondary N) is 1. The minimum absolute atomic E-state index is 0.0661. The summed E-state index contributed by atoms with van der Waals surface area (Å²) in [5.74, 6) is 0. The highest BCUT2D eigenvalue weighted by molar-refractivity contribution is 6.33. The molecule has 1 aliphatic heterocycles. The third-order valence-electron chi connectivity index (χ3n) is 2.60. The number of para-hydroxylation sites is 1. The zero-order valence-electron chi connectivity index (χ0n) is 8.53. The van der Waals surface area contributed by atoms with Crippen molar-refractivity contribution in [1.82, 2.24) is 0 Å². The van der Waals surface area contributed by atoms with E-state index < -0.39 is 6.10 Å². The lowest BCUT2D eigenvalue weighted by atomic mass is 10.1. The van der Waals surface area contributed by atoms with Crippen LogP contribution in [0.3, 0.4) is 0 Å². The summed E-state index contributed by atoms with van der Waals surface area (Å²) in [6, 6.07) is 5.66. The van der Waals surface area contributed by atoms with Crippen LogP contribution in [-0.4, -0.2) is 30.5 Å². The van der Waals surface area contributed by atoms with Gasteiger partial charge in [-0.2, -0.15) is 0 Å². The third-order valence-corrected chi connectivity index (χ3v) is 2.92. The lowest BCUT2D eigenvalue weighted by molar-refractivity contribution is 0.125. The summed E-state index contributed by atoms with van der Waals surface area (Å²) in [5, 5.41) is 13.5. The number of hydrogen-bond donors (Lipinski definition) is 2. The van der Waals surface area contributed by atoms with Crippen LogP contribution in [0.15, 0.2) is 18.2 Å². The first-order chi connectivity index (χ1) is 7.18. The van der Waals surface area contributed by atoms with E-state index in [0.29, 0.717) is 18.2 Å². The lowest BCUT2D eigenvalue weighted by Gasteiger charge is -2.18. The van der Waals surface area contributed by atoms with Crippen molar-refractivity contribution in [3.05, 3.63) is 28.8 Å². The van der Waals surface area contributed by atoms with Crippen LogP contribution in [0.25, 0.3) is 0 Å². The fourth-order valence-corrected chi connectivity index (χ4v) is 1.96. The Morgan fingerprint density at radius 3 is 2.87 bits per heavy atom. The number of aryl methyl sites for hydroxylation is 1. The molecule has 1 saturated heterocycles. The van der Waals surface area contributed by atoms with Gasteiger partial charge in [0.05, 0.1) is 36.1 Å². The Bertz CT molecular complexity index is 336. The van der Waals surface area contributed by atoms with Crippen LogP contribution in [-0.2, 0) is 4.74 Å². The molecular weight excluding hydrogens is 214 g/mol. The van der Waals surface area contributed by atoms with Crippen LogP contribution < -0.4 is 5.32 Å². The average Bonchev–Trinajstić information content (AvgIpc) is 2.58. The fraction of sp³-hybridized carbons (Fsp3) is 0.455. The number of halogens is 1. The number of hydrogen-bond acceptors (Lipinski definition) is 3. The van der Waals surface area contributed by atoms with Gasteiger partial charge in [-0.05, 0) is 18.6 Å². The molecule has 2 rings (SSSR count). The topological polar surface area (TPSA) is 41.5 Å². The molecule has 0 radical (unpaired) electrons. The summed E-state index contributed by atoms with van der Waals surface area (Å²) < 4.78 is 5.17. The molecule has 4 heteroatoms. The summed E-state index contributed by atoms with van der Waals surface area (Å²) in [7, 11) is 0. The Labute approximate surface area is 94.0 Å². The number of aliphatic hydroxyl groups is 1. The molecule has 15 heavy (non-hydrogen) atoms. The van der Waals surface area contributed by atoms with E-state index in [9.17, 15) is 5.11 Å². The van der Waals surface area contributed by atoms with E-state index >= 15 is 0 Å². The molecule has 0 aliphatic carbocycles. The quantitative estimate of drug-likeness (QED) is 0.810. The van der Waals surface area contributed by atoms with Crippen LogP contribution in [0.2, 0.25) is 5.02 Å². The number of ether oxygens (including phenoxy) is 1. The summed E-state index contributed by atoms with van der Waals surface area (Å²) >= 11 is 6.07. The van der Waals surface area contributed by atoms with Gasteiger partial charge in [0, 0.05) is 0 Å². The summed E-state index contributed by atoms with van der Waals surface area (Å²) in [6.45, 7) is 2.89. The molecule has 1 fully saturated rings. The fourth-order valence-electron chi connectivity index (χ4n) is 1.68. The van der Waals surface area contributed by atoms with Crippen molar-refractivity contribution >= 4 is 17.3 Å². The Balaban J connectivity index is 2.16. The van der Waals surface area contributed by atoms with E-state index in [4.69, 9.17) is 16.3 Å². The van der Waals surface area contributed by atoms with Crippen molar-refractivity contribution in [3.8, 4) is 0 Å². The first-order valence-electron chi connectivity index (χ1n) is 4.96. The van der Waals surface area contributed by atoms with Crippen LogP contribution in [0.4, 0.5) is 5.69 Å². The minimum Gasteiger partial charge on any atom is -0.388 e. The molecule has 1 heterocycles. The van der Waals surface area contributed by atoms with Crippen LogP contribution in [0.1, 0.15) is 5.56 Å². The Morgan fingerprint density at radius 1 is 1.47 bits per heavy atom. The van der Waals surface area contributed by atoms with E-state index in [1.165, 1.54) is 0 Å². The van der Waals surface area contributed by atoms with Gasteiger partial charge in [-0.1, -0.05) is 23.7 Å². The normalized spacial score (nSPS) is 25.5. The number of rotatable bonds is 2. The predicted octanol–water partition coefficient (Wildman–Crippen LogP) is 1.82. The zero-order valence-corrected chi connectivity index (χ0v) is 9.29. The molecule has 1 aliphatic rings. The molecular formula is C11H14ClNO2. The standard InChI is InChI=1S/C11H14ClNO2/c1-7-3-2-4-8(12)11(7)13-9-5-15-6-10(9)14/h2-4,9-10,13-14H,5-6H2,1H3. The summed E-state index contributed by atoms with van der Waals surface area (Å²) in [4.78, 5) is 0. The summed E-state index contributed by atoms with van der Waals surface area (Å²) in [6.07, 6.45) is -0.458. The third kappa shape index (κ3) is 2.25. The molecule has 0 aromatic heterocycles. The molecule has 82 valence electrons. The number of benzene rings is 1. The second-order valence-corrected chi connectivity index (χ2v) is 4.19. The van der Waals surface area contributed by atoms with Gasteiger partial charge in [-0.15, -0.1) is 0 Å². The summed E-state index contributed by atoms with van der Waals surface area (Å²) in [5.41, 5.74) is 1.95. The van der Waals surface area contributed by atoms with E-state index in [1.54, 1.807) is 0 Å². The predicted molar refractivity (Wildman–Crippen MR) is 60.4 cm³/mol. The van der Waals surface area contributed by atoms with Gasteiger partial charge >= 0.3 is 0 Å². The van der Waals surface area contributed by atoms with E-state index in [-0.39, 0.29) is 6.04 Å². The van der Waals surface area contributed by atoms with E-state index in [1.807, 2.05) is 25.1 Å². The molecule has 0 spiro atoms. The lowest BCUT2D eigenvalue weighted by Crippen LogP contribution is -2.32. The average molecular weight is 228 g/mol. The first-order valence-corrected chi connectivity index (χ1v) is 5.34. The maximum atomic E-state index is 9.60. The molecule has 2 atom stereocenters. The number of aliphatic hydroxyl groups excluding tert-OH is 1. The molecule has 1 aromatic rings. The molecule has 1 aromatic carbocycles. The molecule has 3 nitrogen and oxygen atoms in total. The highest BCUT2D eigenvalue weighted by Crippen LogP contribution is 2.27.